The van der Waals surface area contributed by atoms with Crippen LogP contribution in [0.4, 0.5) is 0 Å². The van der Waals surface area contributed by atoms with Gasteiger partial charge < -0.3 is 20.1 Å². The number of nitrogens with zero attached hydrogens (tertiary/aromatic N) is 2. The minimum absolute atomic E-state index is 0.162. The van der Waals surface area contributed by atoms with Crippen LogP contribution in [0.25, 0.3) is 0 Å². The van der Waals surface area contributed by atoms with Crippen molar-refractivity contribution in [1.29, 1.82) is 0 Å². The Morgan fingerprint density at radius 2 is 1.76 bits per heavy atom. The molecule has 0 spiro atoms. The van der Waals surface area contributed by atoms with Crippen molar-refractivity contribution in [3.8, 4) is 0 Å². The van der Waals surface area contributed by atoms with E-state index in [9.17, 15) is 0 Å². The molecule has 0 aliphatic carbocycles. The monoisotopic (exact) mass is 402 g/mol. The predicted octanol–water partition coefficient (Wildman–Crippen LogP) is 2.92. The molecule has 0 radical (unpaired) electrons. The fraction of sp³-hybridized carbons (Fsp3) is 0.696. The second-order valence-corrected chi connectivity index (χ2v) is 8.20. The fourth-order valence-corrected chi connectivity index (χ4v) is 4.08. The molecular weight excluding hydrogens is 364 g/mol. The Morgan fingerprint density at radius 1 is 1.07 bits per heavy atom. The number of hydrogen-bond acceptors (Lipinski definition) is 4. The summed E-state index contributed by atoms with van der Waals surface area (Å²) < 4.78 is 11.3. The predicted molar refractivity (Wildman–Crippen MR) is 118 cm³/mol. The molecule has 0 unspecified atom stereocenters. The van der Waals surface area contributed by atoms with Crippen LogP contribution in [0, 0.1) is 0 Å². The maximum absolute atomic E-state index is 5.82. The summed E-state index contributed by atoms with van der Waals surface area (Å²) in [6.45, 7) is 9.39. The summed E-state index contributed by atoms with van der Waals surface area (Å²) in [7, 11) is 1.79. The zero-order chi connectivity index (χ0) is 20.4. The van der Waals surface area contributed by atoms with Crippen molar-refractivity contribution in [2.75, 3.05) is 46.5 Å². The molecule has 0 saturated carbocycles. The summed E-state index contributed by atoms with van der Waals surface area (Å²) in [6.07, 6.45) is 5.88. The largest absolute Gasteiger partial charge is 0.381 e. The van der Waals surface area contributed by atoms with E-state index in [1.807, 2.05) is 0 Å². The summed E-state index contributed by atoms with van der Waals surface area (Å²) >= 11 is 0. The molecule has 2 aliphatic heterocycles. The Bertz CT molecular complexity index is 620. The Kier molecular flexibility index (Phi) is 8.77. The Labute approximate surface area is 176 Å². The molecule has 0 bridgehead atoms. The quantitative estimate of drug-likeness (QED) is 0.517. The zero-order valence-electron chi connectivity index (χ0n) is 18.2. The lowest BCUT2D eigenvalue weighted by Crippen LogP contribution is -2.50. The van der Waals surface area contributed by atoms with Crippen molar-refractivity contribution in [3.63, 3.8) is 0 Å². The van der Waals surface area contributed by atoms with Gasteiger partial charge >= 0.3 is 0 Å². The van der Waals surface area contributed by atoms with Crippen LogP contribution in [0.2, 0.25) is 0 Å². The average Bonchev–Trinajstić information content (AvgIpc) is 2.78. The summed E-state index contributed by atoms with van der Waals surface area (Å²) in [5.74, 6) is 0.841. The topological polar surface area (TPSA) is 58.1 Å². The normalized spacial score (nSPS) is 20.4. The smallest absolute Gasteiger partial charge is 0.191 e. The van der Waals surface area contributed by atoms with E-state index in [-0.39, 0.29) is 5.60 Å². The number of benzene rings is 1. The summed E-state index contributed by atoms with van der Waals surface area (Å²) in [6, 6.07) is 8.92. The number of aliphatic imine (C=N–C) groups is 1. The molecule has 1 aromatic carbocycles. The van der Waals surface area contributed by atoms with Crippen LogP contribution in [-0.4, -0.2) is 63.0 Å². The van der Waals surface area contributed by atoms with Gasteiger partial charge in [0.2, 0.25) is 0 Å². The molecule has 2 heterocycles. The first-order valence-corrected chi connectivity index (χ1v) is 11.2. The molecule has 0 aromatic heterocycles. The Morgan fingerprint density at radius 3 is 2.41 bits per heavy atom. The van der Waals surface area contributed by atoms with Crippen molar-refractivity contribution >= 4 is 5.96 Å². The molecule has 3 rings (SSSR count). The molecule has 2 fully saturated rings. The first-order chi connectivity index (χ1) is 14.2. The van der Waals surface area contributed by atoms with Crippen LogP contribution in [0.3, 0.4) is 0 Å². The van der Waals surface area contributed by atoms with E-state index in [1.165, 1.54) is 43.5 Å². The maximum Gasteiger partial charge on any atom is 0.191 e. The van der Waals surface area contributed by atoms with Gasteiger partial charge in [-0.15, -0.1) is 0 Å². The Balaban J connectivity index is 1.52. The zero-order valence-corrected chi connectivity index (χ0v) is 18.2. The first-order valence-electron chi connectivity index (χ1n) is 11.2. The van der Waals surface area contributed by atoms with Gasteiger partial charge in [-0.2, -0.15) is 0 Å². The molecule has 2 saturated heterocycles. The standard InChI is InChI=1S/C23H38N4O2/c1-3-24-22(26-19-23(28-2)11-15-29-16-12-23)25-17-20-7-9-21(10-8-20)18-27-13-5-4-6-14-27/h7-10H,3-6,11-19H2,1-2H3,(H2,24,25,26). The second-order valence-electron chi connectivity index (χ2n) is 8.20. The van der Waals surface area contributed by atoms with Crippen LogP contribution in [-0.2, 0) is 22.6 Å². The highest BCUT2D eigenvalue weighted by Crippen LogP contribution is 2.23. The first kappa shape index (κ1) is 22.1. The third-order valence-corrected chi connectivity index (χ3v) is 6.06. The number of guanidine groups is 1. The lowest BCUT2D eigenvalue weighted by atomic mass is 9.94. The molecule has 29 heavy (non-hydrogen) atoms. The number of ether oxygens (including phenoxy) is 2. The molecule has 2 N–H and O–H groups in total. The van der Waals surface area contributed by atoms with Crippen LogP contribution >= 0.6 is 0 Å². The van der Waals surface area contributed by atoms with Gasteiger partial charge in [0, 0.05) is 52.8 Å². The van der Waals surface area contributed by atoms with E-state index in [2.05, 4.69) is 46.7 Å². The highest BCUT2D eigenvalue weighted by molar-refractivity contribution is 5.79. The van der Waals surface area contributed by atoms with E-state index < -0.39 is 0 Å². The molecule has 2 aliphatic rings. The van der Waals surface area contributed by atoms with Gasteiger partial charge in [0.25, 0.3) is 0 Å². The van der Waals surface area contributed by atoms with Gasteiger partial charge in [0.15, 0.2) is 5.96 Å². The summed E-state index contributed by atoms with van der Waals surface area (Å²) in [5.41, 5.74) is 2.47. The fourth-order valence-electron chi connectivity index (χ4n) is 4.08. The van der Waals surface area contributed by atoms with Crippen molar-refractivity contribution in [2.24, 2.45) is 4.99 Å². The number of methoxy groups -OCH3 is 1. The Hall–Kier alpha value is -1.63. The summed E-state index contributed by atoms with van der Waals surface area (Å²) in [5, 5.41) is 6.81. The van der Waals surface area contributed by atoms with Crippen molar-refractivity contribution < 1.29 is 9.47 Å². The van der Waals surface area contributed by atoms with Crippen LogP contribution in [0.15, 0.2) is 29.3 Å². The third kappa shape index (κ3) is 6.98. The van der Waals surface area contributed by atoms with Crippen molar-refractivity contribution in [1.82, 2.24) is 15.5 Å². The van der Waals surface area contributed by atoms with Gasteiger partial charge in [0.1, 0.15) is 0 Å². The van der Waals surface area contributed by atoms with Crippen LogP contribution in [0.1, 0.15) is 50.2 Å². The van der Waals surface area contributed by atoms with Crippen LogP contribution in [0.5, 0.6) is 0 Å². The molecule has 6 nitrogen and oxygen atoms in total. The minimum Gasteiger partial charge on any atom is -0.381 e. The highest BCUT2D eigenvalue weighted by atomic mass is 16.5. The van der Waals surface area contributed by atoms with E-state index >= 15 is 0 Å². The van der Waals surface area contributed by atoms with Gasteiger partial charge in [-0.3, -0.25) is 4.90 Å². The third-order valence-electron chi connectivity index (χ3n) is 6.06. The number of hydrogen-bond donors (Lipinski definition) is 2. The van der Waals surface area contributed by atoms with Gasteiger partial charge in [-0.05, 0) is 44.0 Å². The number of likely N-dealkylation sites (tertiary alicyclic amines) is 1. The molecule has 6 heteroatoms. The van der Waals surface area contributed by atoms with E-state index in [1.54, 1.807) is 7.11 Å². The average molecular weight is 403 g/mol. The van der Waals surface area contributed by atoms with Crippen molar-refractivity contribution in [2.45, 2.75) is 57.7 Å². The lowest BCUT2D eigenvalue weighted by molar-refractivity contribution is -0.0855. The van der Waals surface area contributed by atoms with Gasteiger partial charge in [-0.25, -0.2) is 4.99 Å². The molecule has 162 valence electrons. The SMILES string of the molecule is CCNC(=NCc1ccc(CN2CCCCC2)cc1)NCC1(OC)CCOCC1. The molecule has 1 aromatic rings. The molecule has 0 amide bonds. The highest BCUT2D eigenvalue weighted by Gasteiger charge is 2.32. The summed E-state index contributed by atoms with van der Waals surface area (Å²) in [4.78, 5) is 7.34. The van der Waals surface area contributed by atoms with E-state index in [0.717, 1.165) is 51.6 Å². The van der Waals surface area contributed by atoms with E-state index in [0.29, 0.717) is 6.54 Å². The van der Waals surface area contributed by atoms with Crippen molar-refractivity contribution in [3.05, 3.63) is 35.4 Å². The number of rotatable bonds is 8. The number of nitrogens with one attached hydrogen (secondary N) is 2. The van der Waals surface area contributed by atoms with Gasteiger partial charge in [0.05, 0.1) is 12.1 Å². The molecular formula is C23H38N4O2. The van der Waals surface area contributed by atoms with Crippen LogP contribution < -0.4 is 10.6 Å². The van der Waals surface area contributed by atoms with E-state index in [4.69, 9.17) is 14.5 Å². The number of piperidine rings is 1. The maximum atomic E-state index is 5.82. The minimum atomic E-state index is -0.162. The second kappa shape index (κ2) is 11.5. The lowest BCUT2D eigenvalue weighted by Gasteiger charge is -2.36. The molecule has 0 atom stereocenters. The van der Waals surface area contributed by atoms with Gasteiger partial charge in [-0.1, -0.05) is 30.7 Å².